The summed E-state index contributed by atoms with van der Waals surface area (Å²) in [6.45, 7) is 11.0. The molecule has 160 valence electrons. The monoisotopic (exact) mass is 431 g/mol. The second-order valence-corrected chi connectivity index (χ2v) is 9.95. The molecule has 0 radical (unpaired) electrons. The van der Waals surface area contributed by atoms with Crippen molar-refractivity contribution in [2.24, 2.45) is 5.16 Å². The molecule has 1 aliphatic rings. The molecule has 0 saturated carbocycles. The zero-order valence-electron chi connectivity index (χ0n) is 18.8. The molecule has 31 heavy (non-hydrogen) atoms. The molecule has 0 fully saturated rings. The van der Waals surface area contributed by atoms with Gasteiger partial charge in [0.25, 0.3) is 0 Å². The van der Waals surface area contributed by atoms with Gasteiger partial charge in [-0.05, 0) is 79.1 Å². The summed E-state index contributed by atoms with van der Waals surface area (Å²) in [5, 5.41) is 6.67. The second-order valence-electron chi connectivity index (χ2n) is 9.00. The molecule has 3 nitrogen and oxygen atoms in total. The maximum atomic E-state index is 6.04. The van der Waals surface area contributed by atoms with Crippen LogP contribution in [0.4, 0.5) is 0 Å². The van der Waals surface area contributed by atoms with Crippen molar-refractivity contribution < 1.29 is 9.57 Å². The molecule has 0 atom stereocenters. The fourth-order valence-electron chi connectivity index (χ4n) is 3.65. The minimum Gasteiger partial charge on any atom is -0.490 e. The minimum absolute atomic E-state index is 0.347. The molecule has 0 saturated heterocycles. The quantitative estimate of drug-likeness (QED) is 0.296. The molecule has 0 spiro atoms. The summed E-state index contributed by atoms with van der Waals surface area (Å²) < 4.78 is 6.04. The Bertz CT molecular complexity index is 1130. The van der Waals surface area contributed by atoms with Crippen molar-refractivity contribution in [3.05, 3.63) is 81.6 Å². The predicted molar refractivity (Wildman–Crippen MR) is 131 cm³/mol. The molecule has 3 aromatic rings. The van der Waals surface area contributed by atoms with Crippen molar-refractivity contribution in [1.29, 1.82) is 0 Å². The highest BCUT2D eigenvalue weighted by Gasteiger charge is 2.26. The van der Waals surface area contributed by atoms with Gasteiger partial charge in [-0.1, -0.05) is 49.3 Å². The Balaban J connectivity index is 1.54. The Kier molecular flexibility index (Phi) is 6.01. The summed E-state index contributed by atoms with van der Waals surface area (Å²) in [5.41, 5.74) is 6.28. The van der Waals surface area contributed by atoms with Gasteiger partial charge in [0.1, 0.15) is 23.7 Å². The van der Waals surface area contributed by atoms with E-state index in [9.17, 15) is 0 Å². The number of oxime groups is 1. The van der Waals surface area contributed by atoms with E-state index in [-0.39, 0.29) is 5.60 Å². The van der Waals surface area contributed by atoms with Crippen molar-refractivity contribution in [3.63, 3.8) is 0 Å². The molecular formula is C27H29NO2S. The van der Waals surface area contributed by atoms with E-state index in [0.29, 0.717) is 12.5 Å². The molecule has 0 bridgehead atoms. The first-order chi connectivity index (χ1) is 14.8. The molecule has 4 rings (SSSR count). The lowest BCUT2D eigenvalue weighted by atomic mass is 10.1. The van der Waals surface area contributed by atoms with E-state index in [4.69, 9.17) is 9.57 Å². The molecule has 2 aromatic carbocycles. The number of rotatable bonds is 6. The Morgan fingerprint density at radius 1 is 0.968 bits per heavy atom. The third-order valence-corrected chi connectivity index (χ3v) is 6.26. The summed E-state index contributed by atoms with van der Waals surface area (Å²) in [7, 11) is 0. The highest BCUT2D eigenvalue weighted by Crippen LogP contribution is 2.39. The van der Waals surface area contributed by atoms with Crippen molar-refractivity contribution in [1.82, 2.24) is 0 Å². The Morgan fingerprint density at radius 3 is 2.45 bits per heavy atom. The fraction of sp³-hybridized carbons (Fsp3) is 0.296. The highest BCUT2D eigenvalue weighted by atomic mass is 32.1. The van der Waals surface area contributed by atoms with Crippen LogP contribution >= 0.6 is 11.3 Å². The van der Waals surface area contributed by atoms with Crippen molar-refractivity contribution in [2.45, 2.75) is 46.1 Å². The third-order valence-electron chi connectivity index (χ3n) is 5.02. The summed E-state index contributed by atoms with van der Waals surface area (Å²) in [6, 6.07) is 16.7. The lowest BCUT2D eigenvalue weighted by Gasteiger charge is -2.16. The Labute approximate surface area is 189 Å². The van der Waals surface area contributed by atoms with E-state index in [0.717, 1.165) is 28.2 Å². The minimum atomic E-state index is -0.347. The largest absolute Gasteiger partial charge is 0.490 e. The van der Waals surface area contributed by atoms with Gasteiger partial charge in [-0.2, -0.15) is 0 Å². The Hall–Kier alpha value is -2.85. The molecule has 1 aliphatic carbocycles. The van der Waals surface area contributed by atoms with Crippen LogP contribution in [-0.4, -0.2) is 17.9 Å². The summed E-state index contributed by atoms with van der Waals surface area (Å²) in [4.78, 5) is 7.18. The van der Waals surface area contributed by atoms with E-state index in [1.54, 1.807) is 0 Å². The van der Waals surface area contributed by atoms with Gasteiger partial charge in [-0.3, -0.25) is 0 Å². The number of hydrogen-bond acceptors (Lipinski definition) is 4. The molecule has 0 aliphatic heterocycles. The number of hydrogen-bond donors (Lipinski definition) is 0. The zero-order chi connectivity index (χ0) is 22.0. The first-order valence-electron chi connectivity index (χ1n) is 10.7. The van der Waals surface area contributed by atoms with Gasteiger partial charge in [-0.25, -0.2) is 0 Å². The van der Waals surface area contributed by atoms with Gasteiger partial charge < -0.3 is 9.57 Å². The molecule has 0 unspecified atom stereocenters. The predicted octanol–water partition coefficient (Wildman–Crippen LogP) is 7.51. The van der Waals surface area contributed by atoms with Crippen molar-refractivity contribution in [2.75, 3.05) is 6.61 Å². The van der Waals surface area contributed by atoms with E-state index in [1.165, 1.54) is 16.0 Å². The molecule has 0 N–H and O–H groups in total. The number of nitrogens with zero attached hydrogens (tertiary/aromatic N) is 1. The number of ether oxygens (including phenoxy) is 1. The smallest absolute Gasteiger partial charge is 0.129 e. The summed E-state index contributed by atoms with van der Waals surface area (Å²) in [5.74, 6) is 1.36. The van der Waals surface area contributed by atoms with Gasteiger partial charge in [0, 0.05) is 16.0 Å². The maximum Gasteiger partial charge on any atom is 0.129 e. The van der Waals surface area contributed by atoms with Gasteiger partial charge in [0.2, 0.25) is 0 Å². The number of thiophene rings is 1. The lowest BCUT2D eigenvalue weighted by Crippen LogP contribution is -2.17. The number of benzene rings is 2. The van der Waals surface area contributed by atoms with Crippen LogP contribution in [0.1, 0.15) is 62.1 Å². The van der Waals surface area contributed by atoms with Crippen LogP contribution in [0.2, 0.25) is 0 Å². The SMILES string of the molecule is CC(C)c1sccc1C=CCOc1ccc2c(c1)C(=NOC(C)(C)C)c1ccccc1-2. The molecular weight excluding hydrogens is 402 g/mol. The van der Waals surface area contributed by atoms with Crippen LogP contribution in [0.25, 0.3) is 17.2 Å². The Morgan fingerprint density at radius 2 is 1.71 bits per heavy atom. The topological polar surface area (TPSA) is 30.8 Å². The van der Waals surface area contributed by atoms with Crippen LogP contribution in [0.15, 0.2) is 65.1 Å². The van der Waals surface area contributed by atoms with Crippen LogP contribution in [0.5, 0.6) is 5.75 Å². The van der Waals surface area contributed by atoms with E-state index in [1.807, 2.05) is 44.2 Å². The van der Waals surface area contributed by atoms with Crippen molar-refractivity contribution in [3.8, 4) is 16.9 Å². The van der Waals surface area contributed by atoms with Crippen LogP contribution < -0.4 is 4.74 Å². The van der Waals surface area contributed by atoms with Gasteiger partial charge >= 0.3 is 0 Å². The highest BCUT2D eigenvalue weighted by molar-refractivity contribution is 7.10. The average molecular weight is 432 g/mol. The second kappa shape index (κ2) is 8.72. The molecule has 0 amide bonds. The first-order valence-corrected chi connectivity index (χ1v) is 11.6. The summed E-state index contributed by atoms with van der Waals surface area (Å²) in [6.07, 6.45) is 4.23. The van der Waals surface area contributed by atoms with Gasteiger partial charge in [0.05, 0.1) is 0 Å². The summed E-state index contributed by atoms with van der Waals surface area (Å²) >= 11 is 1.81. The van der Waals surface area contributed by atoms with E-state index < -0.39 is 0 Å². The standard InChI is InChI=1S/C27H29NO2S/c1-18(2)26-19(14-16-31-26)9-8-15-29-20-12-13-22-21-10-6-7-11-23(21)25(24(22)17-20)28-30-27(3,4)5/h6-14,16-18H,15H2,1-5H3. The van der Waals surface area contributed by atoms with Crippen LogP contribution in [0, 0.1) is 0 Å². The molecule has 1 heterocycles. The van der Waals surface area contributed by atoms with Crippen LogP contribution in [-0.2, 0) is 4.84 Å². The van der Waals surface area contributed by atoms with Crippen LogP contribution in [0.3, 0.4) is 0 Å². The van der Waals surface area contributed by atoms with Gasteiger partial charge in [-0.15, -0.1) is 11.3 Å². The van der Waals surface area contributed by atoms with E-state index in [2.05, 4.69) is 72.9 Å². The fourth-order valence-corrected chi connectivity index (χ4v) is 4.56. The van der Waals surface area contributed by atoms with E-state index >= 15 is 0 Å². The lowest BCUT2D eigenvalue weighted by molar-refractivity contribution is 0.00121. The maximum absolute atomic E-state index is 6.04. The zero-order valence-corrected chi connectivity index (χ0v) is 19.6. The van der Waals surface area contributed by atoms with Gasteiger partial charge in [0.15, 0.2) is 0 Å². The third kappa shape index (κ3) is 4.75. The molecule has 4 heteroatoms. The normalized spacial score (nSPS) is 14.3. The number of fused-ring (bicyclic) bond motifs is 3. The first kappa shape index (κ1) is 21.4. The molecule has 1 aromatic heterocycles. The van der Waals surface area contributed by atoms with Crippen molar-refractivity contribution >= 4 is 23.1 Å². The average Bonchev–Trinajstić information content (AvgIpc) is 3.31.